The summed E-state index contributed by atoms with van der Waals surface area (Å²) in [7, 11) is 1.61. The van der Waals surface area contributed by atoms with Crippen LogP contribution in [0.4, 0.5) is 0 Å². The van der Waals surface area contributed by atoms with Crippen molar-refractivity contribution in [3.8, 4) is 0 Å². The van der Waals surface area contributed by atoms with Crippen LogP contribution >= 0.6 is 0 Å². The van der Waals surface area contributed by atoms with Crippen LogP contribution in [0, 0.1) is 0 Å². The van der Waals surface area contributed by atoms with E-state index in [1.165, 1.54) is 0 Å². The lowest BCUT2D eigenvalue weighted by Gasteiger charge is -2.07. The Morgan fingerprint density at radius 3 is 3.10 bits per heavy atom. The van der Waals surface area contributed by atoms with Crippen molar-refractivity contribution in [3.63, 3.8) is 0 Å². The van der Waals surface area contributed by atoms with Gasteiger partial charge in [0.2, 0.25) is 0 Å². The fraction of sp³-hybridized carbons (Fsp3) is 0.375. The summed E-state index contributed by atoms with van der Waals surface area (Å²) in [4.78, 5) is 10.3. The van der Waals surface area contributed by atoms with Crippen molar-refractivity contribution in [2.24, 2.45) is 0 Å². The maximum atomic E-state index is 10.3. The van der Waals surface area contributed by atoms with Crippen LogP contribution in [0.15, 0.2) is 23.5 Å². The van der Waals surface area contributed by atoms with E-state index in [4.69, 9.17) is 4.74 Å². The number of hydrogen-bond donors (Lipinski definition) is 0. The molecule has 1 aliphatic rings. The van der Waals surface area contributed by atoms with Crippen LogP contribution in [0.2, 0.25) is 0 Å². The molecule has 0 aliphatic heterocycles. The molecule has 0 saturated carbocycles. The predicted molar refractivity (Wildman–Crippen MR) is 38.5 cm³/mol. The summed E-state index contributed by atoms with van der Waals surface area (Å²) in [5.41, 5.74) is 0.819. The van der Waals surface area contributed by atoms with E-state index in [1.54, 1.807) is 13.2 Å². The minimum absolute atomic E-state index is 0.799. The summed E-state index contributed by atoms with van der Waals surface area (Å²) >= 11 is 0. The van der Waals surface area contributed by atoms with Crippen molar-refractivity contribution in [2.75, 3.05) is 7.11 Å². The molecular weight excluding hydrogens is 128 g/mol. The first-order valence-corrected chi connectivity index (χ1v) is 3.26. The van der Waals surface area contributed by atoms with Gasteiger partial charge in [-0.25, -0.2) is 0 Å². The Morgan fingerprint density at radius 2 is 2.50 bits per heavy atom. The Hall–Kier alpha value is -1.05. The third-order valence-electron chi connectivity index (χ3n) is 1.49. The van der Waals surface area contributed by atoms with E-state index in [0.29, 0.717) is 0 Å². The smallest absolute Gasteiger partial charge is 0.146 e. The summed E-state index contributed by atoms with van der Waals surface area (Å²) < 4.78 is 4.95. The number of carbonyl (C=O) groups is 1. The SMILES string of the molecule is COC1=CCCC(C=O)=C1. The van der Waals surface area contributed by atoms with Crippen molar-refractivity contribution >= 4 is 6.29 Å². The van der Waals surface area contributed by atoms with E-state index in [1.807, 2.05) is 6.08 Å². The highest BCUT2D eigenvalue weighted by Crippen LogP contribution is 2.15. The van der Waals surface area contributed by atoms with E-state index >= 15 is 0 Å². The van der Waals surface area contributed by atoms with Gasteiger partial charge in [-0.3, -0.25) is 4.79 Å². The van der Waals surface area contributed by atoms with Gasteiger partial charge in [0.05, 0.1) is 7.11 Å². The minimum atomic E-state index is 0.799. The molecule has 1 rings (SSSR count). The molecule has 1 aliphatic carbocycles. The van der Waals surface area contributed by atoms with Crippen LogP contribution in [-0.2, 0) is 9.53 Å². The maximum Gasteiger partial charge on any atom is 0.146 e. The quantitative estimate of drug-likeness (QED) is 0.539. The van der Waals surface area contributed by atoms with Gasteiger partial charge in [-0.1, -0.05) is 0 Å². The third kappa shape index (κ3) is 1.47. The monoisotopic (exact) mass is 138 g/mol. The second-order valence-electron chi connectivity index (χ2n) is 2.19. The normalized spacial score (nSPS) is 17.3. The number of rotatable bonds is 2. The van der Waals surface area contributed by atoms with E-state index < -0.39 is 0 Å². The fourth-order valence-corrected chi connectivity index (χ4v) is 0.930. The molecule has 0 radical (unpaired) electrons. The standard InChI is InChI=1S/C8H10O2/c1-10-8-4-2-3-7(5-8)6-9/h4-6H,2-3H2,1H3. The first-order valence-electron chi connectivity index (χ1n) is 3.26. The highest BCUT2D eigenvalue weighted by molar-refractivity contribution is 5.74. The molecule has 0 saturated heterocycles. The zero-order valence-electron chi connectivity index (χ0n) is 5.96. The number of methoxy groups -OCH3 is 1. The van der Waals surface area contributed by atoms with Crippen molar-refractivity contribution < 1.29 is 9.53 Å². The summed E-state index contributed by atoms with van der Waals surface area (Å²) in [5.74, 6) is 0.799. The van der Waals surface area contributed by atoms with Gasteiger partial charge < -0.3 is 4.74 Å². The molecule has 0 fully saturated rings. The van der Waals surface area contributed by atoms with E-state index in [-0.39, 0.29) is 0 Å². The molecule has 0 atom stereocenters. The van der Waals surface area contributed by atoms with Gasteiger partial charge >= 0.3 is 0 Å². The molecule has 0 spiro atoms. The summed E-state index contributed by atoms with van der Waals surface area (Å²) in [5, 5.41) is 0. The highest BCUT2D eigenvalue weighted by Gasteiger charge is 2.02. The topological polar surface area (TPSA) is 26.3 Å². The Labute approximate surface area is 60.2 Å². The molecular formula is C8H10O2. The first kappa shape index (κ1) is 7.06. The zero-order chi connectivity index (χ0) is 7.40. The summed E-state index contributed by atoms with van der Waals surface area (Å²) in [6.07, 6.45) is 6.39. The number of allylic oxidation sites excluding steroid dienone is 3. The molecule has 0 aromatic heterocycles. The lowest BCUT2D eigenvalue weighted by molar-refractivity contribution is -0.105. The molecule has 0 aromatic carbocycles. The first-order chi connectivity index (χ1) is 4.86. The van der Waals surface area contributed by atoms with E-state index in [9.17, 15) is 4.79 Å². The van der Waals surface area contributed by atoms with E-state index in [0.717, 1.165) is 30.5 Å². The molecule has 0 amide bonds. The summed E-state index contributed by atoms with van der Waals surface area (Å²) in [6.45, 7) is 0. The van der Waals surface area contributed by atoms with Gasteiger partial charge in [-0.15, -0.1) is 0 Å². The summed E-state index contributed by atoms with van der Waals surface area (Å²) in [6, 6.07) is 0. The number of aldehydes is 1. The fourth-order valence-electron chi connectivity index (χ4n) is 0.930. The van der Waals surface area contributed by atoms with Crippen LogP contribution in [0.1, 0.15) is 12.8 Å². The van der Waals surface area contributed by atoms with Crippen LogP contribution in [0.25, 0.3) is 0 Å². The van der Waals surface area contributed by atoms with Crippen LogP contribution < -0.4 is 0 Å². The van der Waals surface area contributed by atoms with E-state index in [2.05, 4.69) is 0 Å². The van der Waals surface area contributed by atoms with Crippen LogP contribution in [0.3, 0.4) is 0 Å². The molecule has 0 unspecified atom stereocenters. The lowest BCUT2D eigenvalue weighted by atomic mass is 10.1. The number of hydrogen-bond acceptors (Lipinski definition) is 2. The zero-order valence-corrected chi connectivity index (χ0v) is 5.96. The Bertz CT molecular complexity index is 189. The van der Waals surface area contributed by atoms with Gasteiger partial charge in [0.1, 0.15) is 12.0 Å². The Morgan fingerprint density at radius 1 is 1.70 bits per heavy atom. The van der Waals surface area contributed by atoms with Gasteiger partial charge in [-0.2, -0.15) is 0 Å². The van der Waals surface area contributed by atoms with Gasteiger partial charge in [-0.05, 0) is 30.6 Å². The molecule has 0 bridgehead atoms. The molecule has 54 valence electrons. The van der Waals surface area contributed by atoms with Gasteiger partial charge in [0, 0.05) is 0 Å². The third-order valence-corrected chi connectivity index (χ3v) is 1.49. The van der Waals surface area contributed by atoms with Gasteiger partial charge in [0.25, 0.3) is 0 Å². The van der Waals surface area contributed by atoms with Crippen molar-refractivity contribution in [1.82, 2.24) is 0 Å². The van der Waals surface area contributed by atoms with Gasteiger partial charge in [0.15, 0.2) is 0 Å². The predicted octanol–water partition coefficient (Wildman–Crippen LogP) is 1.44. The molecule has 0 N–H and O–H groups in total. The number of ether oxygens (including phenoxy) is 1. The molecule has 0 heterocycles. The second kappa shape index (κ2) is 3.20. The average Bonchev–Trinajstić information content (AvgIpc) is 2.05. The second-order valence-corrected chi connectivity index (χ2v) is 2.19. The Kier molecular flexibility index (Phi) is 2.26. The number of carbonyl (C=O) groups excluding carboxylic acids is 1. The average molecular weight is 138 g/mol. The van der Waals surface area contributed by atoms with Crippen molar-refractivity contribution in [1.29, 1.82) is 0 Å². The Balaban J connectivity index is 2.70. The maximum absolute atomic E-state index is 10.3. The molecule has 2 nitrogen and oxygen atoms in total. The molecule has 0 aromatic rings. The molecule has 10 heavy (non-hydrogen) atoms. The van der Waals surface area contributed by atoms with Crippen LogP contribution in [0.5, 0.6) is 0 Å². The lowest BCUT2D eigenvalue weighted by Crippen LogP contribution is -1.94. The largest absolute Gasteiger partial charge is 0.497 e. The minimum Gasteiger partial charge on any atom is -0.497 e. The van der Waals surface area contributed by atoms with Crippen LogP contribution in [-0.4, -0.2) is 13.4 Å². The van der Waals surface area contributed by atoms with Crippen molar-refractivity contribution in [2.45, 2.75) is 12.8 Å². The molecule has 2 heteroatoms. The highest BCUT2D eigenvalue weighted by atomic mass is 16.5. The van der Waals surface area contributed by atoms with Crippen molar-refractivity contribution in [3.05, 3.63) is 23.5 Å².